The van der Waals surface area contributed by atoms with E-state index in [2.05, 4.69) is 11.3 Å². The van der Waals surface area contributed by atoms with Crippen LogP contribution in [-0.2, 0) is 14.3 Å². The summed E-state index contributed by atoms with van der Waals surface area (Å²) >= 11 is 0. The number of ether oxygens (including phenoxy) is 1. The Bertz CT molecular complexity index is 200. The average molecular weight is 188 g/mol. The highest BCUT2D eigenvalue weighted by atomic mass is 28.1. The lowest BCUT2D eigenvalue weighted by atomic mass is 10.2. The first-order valence-electron chi connectivity index (χ1n) is 3.64. The van der Waals surface area contributed by atoms with Gasteiger partial charge in [-0.05, 0) is 6.04 Å². The van der Waals surface area contributed by atoms with Gasteiger partial charge in [0.2, 0.25) is 0 Å². The van der Waals surface area contributed by atoms with Crippen LogP contribution in [0.3, 0.4) is 0 Å². The number of esters is 1. The Balaban J connectivity index is 3.77. The van der Waals surface area contributed by atoms with Crippen LogP contribution in [0.2, 0.25) is 6.04 Å². The molecule has 0 fully saturated rings. The predicted octanol–water partition coefficient (Wildman–Crippen LogP) is -0.656. The summed E-state index contributed by atoms with van der Waals surface area (Å²) in [4.78, 5) is 21.0. The summed E-state index contributed by atoms with van der Waals surface area (Å²) in [7, 11) is 0.965. The van der Waals surface area contributed by atoms with Gasteiger partial charge < -0.3 is 9.84 Å². The van der Waals surface area contributed by atoms with Crippen molar-refractivity contribution in [2.45, 2.75) is 12.5 Å². The van der Waals surface area contributed by atoms with E-state index in [0.717, 1.165) is 16.3 Å². The van der Waals surface area contributed by atoms with Gasteiger partial charge in [-0.2, -0.15) is 0 Å². The van der Waals surface area contributed by atoms with Gasteiger partial charge in [0.25, 0.3) is 0 Å². The Labute approximate surface area is 73.6 Å². The van der Waals surface area contributed by atoms with E-state index in [1.807, 2.05) is 0 Å². The molecule has 12 heavy (non-hydrogen) atoms. The first kappa shape index (κ1) is 10.9. The fourth-order valence-electron chi connectivity index (χ4n) is 0.552. The lowest BCUT2D eigenvalue weighted by Gasteiger charge is -2.02. The van der Waals surface area contributed by atoms with E-state index in [1.54, 1.807) is 0 Å². The summed E-state index contributed by atoms with van der Waals surface area (Å²) in [5, 5.41) is 8.30. The highest BCUT2D eigenvalue weighted by molar-refractivity contribution is 6.08. The van der Waals surface area contributed by atoms with Gasteiger partial charge >= 0.3 is 11.9 Å². The second kappa shape index (κ2) is 5.53. The molecule has 5 heteroatoms. The minimum absolute atomic E-state index is 0.00221. The minimum atomic E-state index is -1.07. The number of hydrogen-bond acceptors (Lipinski definition) is 3. The van der Waals surface area contributed by atoms with Crippen molar-refractivity contribution in [3.05, 3.63) is 12.2 Å². The molecule has 0 amide bonds. The molecule has 0 rings (SSSR count). The van der Waals surface area contributed by atoms with Crippen molar-refractivity contribution in [2.24, 2.45) is 0 Å². The third kappa shape index (κ3) is 4.67. The van der Waals surface area contributed by atoms with Gasteiger partial charge in [-0.15, -0.1) is 0 Å². The Morgan fingerprint density at radius 2 is 2.08 bits per heavy atom. The van der Waals surface area contributed by atoms with Crippen LogP contribution in [-0.4, -0.2) is 33.9 Å². The van der Waals surface area contributed by atoms with Crippen molar-refractivity contribution in [1.29, 1.82) is 0 Å². The number of aliphatic carboxylic acids is 1. The van der Waals surface area contributed by atoms with Crippen LogP contribution in [0.15, 0.2) is 12.2 Å². The number of carbonyl (C=O) groups excluding carboxylic acids is 1. The molecule has 0 atom stereocenters. The van der Waals surface area contributed by atoms with E-state index in [4.69, 9.17) is 5.11 Å². The molecule has 0 aliphatic rings. The quantitative estimate of drug-likeness (QED) is 0.353. The molecule has 68 valence electrons. The smallest absolute Gasteiger partial charge is 0.333 e. The summed E-state index contributed by atoms with van der Waals surface area (Å²) in [5.74, 6) is -1.67. The molecule has 1 N–H and O–H groups in total. The van der Waals surface area contributed by atoms with Crippen molar-refractivity contribution in [1.82, 2.24) is 0 Å². The fourth-order valence-corrected chi connectivity index (χ4v) is 0.756. The molecule has 0 aromatic rings. The number of carboxylic acid groups (broad SMARTS) is 1. The maximum atomic E-state index is 10.9. The first-order valence-corrected chi connectivity index (χ1v) is 5.06. The zero-order valence-electron chi connectivity index (χ0n) is 7.00. The van der Waals surface area contributed by atoms with E-state index in [-0.39, 0.29) is 12.0 Å². The molecule has 0 unspecified atom stereocenters. The number of rotatable bonds is 5. The molecule has 0 radical (unpaired) electrons. The normalized spacial score (nSPS) is 9.33. The van der Waals surface area contributed by atoms with Gasteiger partial charge in [0.1, 0.15) is 0 Å². The predicted molar refractivity (Wildman–Crippen MR) is 47.1 cm³/mol. The molecule has 4 nitrogen and oxygen atoms in total. The second-order valence-electron chi connectivity index (χ2n) is 2.31. The second-order valence-corrected chi connectivity index (χ2v) is 3.31. The maximum absolute atomic E-state index is 10.9. The topological polar surface area (TPSA) is 63.6 Å². The Morgan fingerprint density at radius 3 is 2.50 bits per heavy atom. The molecule has 0 aliphatic carbocycles. The average Bonchev–Trinajstić information content (AvgIpc) is 1.98. The van der Waals surface area contributed by atoms with Crippen molar-refractivity contribution in [3.8, 4) is 0 Å². The summed E-state index contributed by atoms with van der Waals surface area (Å²) in [6.45, 7) is 3.67. The molecule has 0 aliphatic heterocycles. The van der Waals surface area contributed by atoms with E-state index in [1.165, 1.54) is 0 Å². The summed E-state index contributed by atoms with van der Waals surface area (Å²) in [5.41, 5.74) is -0.00221. The largest absolute Gasteiger partial charge is 0.481 e. The number of hydrogen-bond donors (Lipinski definition) is 1. The maximum Gasteiger partial charge on any atom is 0.333 e. The molecular formula is C7H12O4Si. The van der Waals surface area contributed by atoms with Gasteiger partial charge in [-0.1, -0.05) is 6.58 Å². The van der Waals surface area contributed by atoms with Crippen molar-refractivity contribution >= 4 is 22.2 Å². The van der Waals surface area contributed by atoms with Crippen LogP contribution < -0.4 is 0 Å². The van der Waals surface area contributed by atoms with Crippen LogP contribution in [0.5, 0.6) is 0 Å². The molecule has 0 saturated heterocycles. The Morgan fingerprint density at radius 1 is 1.50 bits per heavy atom. The van der Waals surface area contributed by atoms with Crippen LogP contribution in [0.25, 0.3) is 0 Å². The monoisotopic (exact) mass is 188 g/mol. The van der Waals surface area contributed by atoms with E-state index in [9.17, 15) is 9.59 Å². The molecule has 0 spiro atoms. The minimum Gasteiger partial charge on any atom is -0.481 e. The number of carboxylic acids is 1. The summed E-state index contributed by atoms with van der Waals surface area (Å²) < 4.78 is 4.69. The molecule has 0 heterocycles. The van der Waals surface area contributed by atoms with E-state index >= 15 is 0 Å². The van der Waals surface area contributed by atoms with Gasteiger partial charge in [0, 0.05) is 15.8 Å². The van der Waals surface area contributed by atoms with E-state index in [0.29, 0.717) is 6.61 Å². The summed E-state index contributed by atoms with van der Waals surface area (Å²) in [6, 6.07) is 0.853. The standard InChI is InChI=1S/C7H12O4Si/c1-5(4-6(8)9)7(10)11-2-3-12/h1-4H2,12H3,(H,8,9). The molecule has 0 aromatic carbocycles. The highest BCUT2D eigenvalue weighted by Gasteiger charge is 2.11. The van der Waals surface area contributed by atoms with Gasteiger partial charge in [-0.3, -0.25) is 4.79 Å². The third-order valence-electron chi connectivity index (χ3n) is 1.09. The Hall–Kier alpha value is -1.10. The lowest BCUT2D eigenvalue weighted by Crippen LogP contribution is -2.11. The zero-order chi connectivity index (χ0) is 9.56. The van der Waals surface area contributed by atoms with Crippen molar-refractivity contribution in [3.63, 3.8) is 0 Å². The first-order chi connectivity index (χ1) is 5.57. The van der Waals surface area contributed by atoms with Crippen molar-refractivity contribution in [2.75, 3.05) is 6.61 Å². The van der Waals surface area contributed by atoms with Crippen LogP contribution in [0, 0.1) is 0 Å². The number of carbonyl (C=O) groups is 2. The van der Waals surface area contributed by atoms with Crippen LogP contribution in [0.4, 0.5) is 0 Å². The van der Waals surface area contributed by atoms with Crippen LogP contribution >= 0.6 is 0 Å². The van der Waals surface area contributed by atoms with E-state index < -0.39 is 11.9 Å². The molecule has 0 aromatic heterocycles. The molecule has 0 saturated carbocycles. The lowest BCUT2D eigenvalue weighted by molar-refractivity contribution is -0.142. The van der Waals surface area contributed by atoms with Gasteiger partial charge in [0.05, 0.1) is 13.0 Å². The van der Waals surface area contributed by atoms with Gasteiger partial charge in [-0.25, -0.2) is 4.79 Å². The van der Waals surface area contributed by atoms with Crippen molar-refractivity contribution < 1.29 is 19.4 Å². The van der Waals surface area contributed by atoms with Crippen LogP contribution in [0.1, 0.15) is 6.42 Å². The molecule has 0 bridgehead atoms. The Kier molecular flexibility index (Phi) is 5.03. The summed E-state index contributed by atoms with van der Waals surface area (Å²) in [6.07, 6.45) is -0.347. The fraction of sp³-hybridized carbons (Fsp3) is 0.429. The SMILES string of the molecule is C=C(CC(=O)O)C(=O)OCC[SiH3]. The third-order valence-corrected chi connectivity index (χ3v) is 1.50. The molecular weight excluding hydrogens is 176 g/mol. The highest BCUT2D eigenvalue weighted by Crippen LogP contribution is 2.00. The van der Waals surface area contributed by atoms with Gasteiger partial charge in [0.15, 0.2) is 0 Å². The zero-order valence-corrected chi connectivity index (χ0v) is 9.00.